The van der Waals surface area contributed by atoms with Crippen LogP contribution < -0.4 is 5.32 Å². The van der Waals surface area contributed by atoms with E-state index in [0.717, 1.165) is 6.07 Å². The third-order valence-corrected chi connectivity index (χ3v) is 2.26. The molecular formula is C10H8ClN3O3. The van der Waals surface area contributed by atoms with Crippen molar-refractivity contribution in [2.24, 2.45) is 0 Å². The molecule has 0 fully saturated rings. The second-order valence-electron chi connectivity index (χ2n) is 3.25. The third kappa shape index (κ3) is 3.16. The first-order valence-electron chi connectivity index (χ1n) is 4.60. The first kappa shape index (κ1) is 12.9. The maximum absolute atomic E-state index is 11.6. The van der Waals surface area contributed by atoms with Gasteiger partial charge < -0.3 is 5.32 Å². The Morgan fingerprint density at radius 3 is 2.76 bits per heavy atom. The number of rotatable bonds is 3. The van der Waals surface area contributed by atoms with Crippen molar-refractivity contribution in [3.05, 3.63) is 38.9 Å². The molecule has 6 nitrogen and oxygen atoms in total. The number of hydrogen-bond donors (Lipinski definition) is 1. The monoisotopic (exact) mass is 253 g/mol. The van der Waals surface area contributed by atoms with Gasteiger partial charge in [0.2, 0.25) is 0 Å². The van der Waals surface area contributed by atoms with E-state index in [1.165, 1.54) is 19.1 Å². The third-order valence-electron chi connectivity index (χ3n) is 1.95. The highest BCUT2D eigenvalue weighted by Crippen LogP contribution is 2.22. The van der Waals surface area contributed by atoms with Crippen molar-refractivity contribution in [3.8, 4) is 6.07 Å². The fourth-order valence-corrected chi connectivity index (χ4v) is 1.37. The molecule has 0 aliphatic carbocycles. The number of carbonyl (C=O) groups is 1. The second kappa shape index (κ2) is 5.27. The molecule has 0 saturated carbocycles. The molecule has 88 valence electrons. The van der Waals surface area contributed by atoms with Crippen LogP contribution in [0.1, 0.15) is 17.3 Å². The van der Waals surface area contributed by atoms with E-state index in [9.17, 15) is 14.9 Å². The first-order valence-corrected chi connectivity index (χ1v) is 4.98. The number of benzene rings is 1. The number of hydrogen-bond acceptors (Lipinski definition) is 4. The summed E-state index contributed by atoms with van der Waals surface area (Å²) in [5.74, 6) is -0.543. The fraction of sp³-hybridized carbons (Fsp3) is 0.200. The number of halogens is 1. The molecule has 17 heavy (non-hydrogen) atoms. The van der Waals surface area contributed by atoms with Gasteiger partial charge in [-0.1, -0.05) is 11.6 Å². The molecule has 0 radical (unpaired) electrons. The molecule has 1 aromatic rings. The number of nitriles is 1. The summed E-state index contributed by atoms with van der Waals surface area (Å²) in [5, 5.41) is 21.3. The van der Waals surface area contributed by atoms with Crippen LogP contribution in [-0.4, -0.2) is 16.9 Å². The van der Waals surface area contributed by atoms with Crippen LogP contribution in [0.15, 0.2) is 18.2 Å². The second-order valence-corrected chi connectivity index (χ2v) is 3.65. The van der Waals surface area contributed by atoms with Gasteiger partial charge in [-0.2, -0.15) is 5.26 Å². The Bertz CT molecular complexity index is 510. The average Bonchev–Trinajstić information content (AvgIpc) is 2.28. The summed E-state index contributed by atoms with van der Waals surface area (Å²) >= 11 is 5.75. The molecule has 0 bridgehead atoms. The van der Waals surface area contributed by atoms with Crippen molar-refractivity contribution < 1.29 is 9.72 Å². The smallest absolute Gasteiger partial charge is 0.270 e. The van der Waals surface area contributed by atoms with E-state index in [1.54, 1.807) is 0 Å². The maximum Gasteiger partial charge on any atom is 0.270 e. The molecular weight excluding hydrogens is 246 g/mol. The first-order chi connectivity index (χ1) is 7.95. The molecule has 0 aliphatic heterocycles. The van der Waals surface area contributed by atoms with Crippen molar-refractivity contribution in [1.29, 1.82) is 5.26 Å². The largest absolute Gasteiger partial charge is 0.336 e. The lowest BCUT2D eigenvalue weighted by molar-refractivity contribution is -0.384. The lowest BCUT2D eigenvalue weighted by atomic mass is 10.2. The van der Waals surface area contributed by atoms with E-state index in [-0.39, 0.29) is 16.3 Å². The molecule has 0 heterocycles. The van der Waals surface area contributed by atoms with Crippen LogP contribution in [-0.2, 0) is 0 Å². The van der Waals surface area contributed by atoms with E-state index in [4.69, 9.17) is 16.9 Å². The van der Waals surface area contributed by atoms with Crippen LogP contribution in [0.3, 0.4) is 0 Å². The minimum absolute atomic E-state index is 0.0261. The fourth-order valence-electron chi connectivity index (χ4n) is 1.11. The zero-order valence-electron chi connectivity index (χ0n) is 8.81. The predicted molar refractivity (Wildman–Crippen MR) is 60.6 cm³/mol. The molecule has 1 amide bonds. The highest BCUT2D eigenvalue weighted by atomic mass is 35.5. The highest BCUT2D eigenvalue weighted by molar-refractivity contribution is 6.34. The van der Waals surface area contributed by atoms with Gasteiger partial charge in [-0.3, -0.25) is 14.9 Å². The van der Waals surface area contributed by atoms with Gasteiger partial charge in [0.05, 0.1) is 21.6 Å². The molecule has 1 atom stereocenters. The van der Waals surface area contributed by atoms with Crippen LogP contribution in [0.25, 0.3) is 0 Å². The number of nitrogens with zero attached hydrogens (tertiary/aromatic N) is 2. The molecule has 1 unspecified atom stereocenters. The quantitative estimate of drug-likeness (QED) is 0.657. The van der Waals surface area contributed by atoms with E-state index < -0.39 is 16.9 Å². The van der Waals surface area contributed by atoms with Gasteiger partial charge in [0.15, 0.2) is 0 Å². The number of non-ortho nitro benzene ring substituents is 1. The van der Waals surface area contributed by atoms with E-state index in [1.807, 2.05) is 6.07 Å². The summed E-state index contributed by atoms with van der Waals surface area (Å²) in [6.07, 6.45) is 0. The Labute approximate surface area is 102 Å². The Kier molecular flexibility index (Phi) is 4.01. The molecule has 0 saturated heterocycles. The molecule has 0 aliphatic rings. The molecule has 0 spiro atoms. The minimum Gasteiger partial charge on any atom is -0.336 e. The van der Waals surface area contributed by atoms with Gasteiger partial charge in [0.1, 0.15) is 6.04 Å². The Morgan fingerprint density at radius 2 is 2.29 bits per heavy atom. The Balaban J connectivity index is 2.97. The Morgan fingerprint density at radius 1 is 1.65 bits per heavy atom. The molecule has 7 heteroatoms. The topological polar surface area (TPSA) is 96.0 Å². The van der Waals surface area contributed by atoms with Crippen molar-refractivity contribution >= 4 is 23.2 Å². The van der Waals surface area contributed by atoms with Crippen LogP contribution in [0, 0.1) is 21.4 Å². The summed E-state index contributed by atoms with van der Waals surface area (Å²) in [5.41, 5.74) is -0.0979. The normalized spacial score (nSPS) is 11.4. The van der Waals surface area contributed by atoms with Gasteiger partial charge in [0, 0.05) is 12.1 Å². The van der Waals surface area contributed by atoms with Gasteiger partial charge in [-0.25, -0.2) is 0 Å². The lowest BCUT2D eigenvalue weighted by Gasteiger charge is -2.07. The predicted octanol–water partition coefficient (Wildman–Crippen LogP) is 1.89. The summed E-state index contributed by atoms with van der Waals surface area (Å²) < 4.78 is 0. The zero-order chi connectivity index (χ0) is 13.0. The zero-order valence-corrected chi connectivity index (χ0v) is 9.56. The van der Waals surface area contributed by atoms with E-state index >= 15 is 0 Å². The highest BCUT2D eigenvalue weighted by Gasteiger charge is 2.16. The van der Waals surface area contributed by atoms with Crippen molar-refractivity contribution in [1.82, 2.24) is 5.32 Å². The van der Waals surface area contributed by atoms with Crippen LogP contribution in [0.4, 0.5) is 5.69 Å². The Hall–Kier alpha value is -2.13. The minimum atomic E-state index is -0.659. The summed E-state index contributed by atoms with van der Waals surface area (Å²) in [7, 11) is 0. The number of amides is 1. The average molecular weight is 254 g/mol. The standard InChI is InChI=1S/C10H8ClN3O3/c1-6(5-12)13-10(15)8-3-2-7(14(16)17)4-9(8)11/h2-4,6H,1H3,(H,13,15). The van der Waals surface area contributed by atoms with Crippen LogP contribution in [0.5, 0.6) is 0 Å². The van der Waals surface area contributed by atoms with Crippen LogP contribution in [0.2, 0.25) is 5.02 Å². The molecule has 1 aromatic carbocycles. The van der Waals surface area contributed by atoms with E-state index in [2.05, 4.69) is 5.32 Å². The van der Waals surface area contributed by atoms with E-state index in [0.29, 0.717) is 0 Å². The lowest BCUT2D eigenvalue weighted by Crippen LogP contribution is -2.31. The molecule has 0 aromatic heterocycles. The summed E-state index contributed by atoms with van der Waals surface area (Å²) in [6, 6.07) is 4.69. The molecule has 1 N–H and O–H groups in total. The summed E-state index contributed by atoms with van der Waals surface area (Å²) in [6.45, 7) is 1.51. The maximum atomic E-state index is 11.6. The van der Waals surface area contributed by atoms with Crippen molar-refractivity contribution in [2.45, 2.75) is 13.0 Å². The number of nitro groups is 1. The summed E-state index contributed by atoms with van der Waals surface area (Å²) in [4.78, 5) is 21.5. The van der Waals surface area contributed by atoms with Gasteiger partial charge in [0.25, 0.3) is 11.6 Å². The number of carbonyl (C=O) groups excluding carboxylic acids is 1. The van der Waals surface area contributed by atoms with Gasteiger partial charge in [-0.15, -0.1) is 0 Å². The number of nitrogens with one attached hydrogen (secondary N) is 1. The van der Waals surface area contributed by atoms with Gasteiger partial charge in [-0.05, 0) is 13.0 Å². The molecule has 1 rings (SSSR count). The number of nitro benzene ring substituents is 1. The van der Waals surface area contributed by atoms with Gasteiger partial charge >= 0.3 is 0 Å². The van der Waals surface area contributed by atoms with Crippen LogP contribution >= 0.6 is 11.6 Å². The van der Waals surface area contributed by atoms with Crippen molar-refractivity contribution in [2.75, 3.05) is 0 Å². The van der Waals surface area contributed by atoms with Crippen molar-refractivity contribution in [3.63, 3.8) is 0 Å². The SMILES string of the molecule is CC(C#N)NC(=O)c1ccc([N+](=O)[O-])cc1Cl.